The third-order valence-corrected chi connectivity index (χ3v) is 7.78. The van der Waals surface area contributed by atoms with E-state index in [-0.39, 0.29) is 12.2 Å². The first-order valence-electron chi connectivity index (χ1n) is 12.4. The summed E-state index contributed by atoms with van der Waals surface area (Å²) in [6.07, 6.45) is 15.8. The molecule has 1 aromatic carbocycles. The second kappa shape index (κ2) is 11.4. The molecule has 0 radical (unpaired) electrons. The van der Waals surface area contributed by atoms with Gasteiger partial charge >= 0.3 is 0 Å². The van der Waals surface area contributed by atoms with Crippen molar-refractivity contribution in [2.45, 2.75) is 110 Å². The molecule has 0 saturated heterocycles. The normalized spacial score (nSPS) is 29.9. The number of ether oxygens (including phenoxy) is 2. The Bertz CT molecular complexity index is 565. The van der Waals surface area contributed by atoms with Gasteiger partial charge in [0.2, 0.25) is 0 Å². The van der Waals surface area contributed by atoms with Gasteiger partial charge in [-0.2, -0.15) is 0 Å². The summed E-state index contributed by atoms with van der Waals surface area (Å²) in [5.41, 5.74) is 1.51. The van der Waals surface area contributed by atoms with Crippen LogP contribution < -0.4 is 4.74 Å². The van der Waals surface area contributed by atoms with Gasteiger partial charge in [-0.05, 0) is 93.7 Å². The van der Waals surface area contributed by atoms with Gasteiger partial charge in [0.15, 0.2) is 0 Å². The molecule has 29 heavy (non-hydrogen) atoms. The van der Waals surface area contributed by atoms with E-state index in [1.165, 1.54) is 69.8 Å². The molecule has 0 amide bonds. The maximum atomic E-state index is 6.07. The molecule has 2 unspecified atom stereocenters. The molecule has 2 nitrogen and oxygen atoms in total. The van der Waals surface area contributed by atoms with Crippen molar-refractivity contribution in [1.82, 2.24) is 0 Å². The van der Waals surface area contributed by atoms with E-state index in [0.29, 0.717) is 0 Å². The zero-order valence-corrected chi connectivity index (χ0v) is 19.4. The van der Waals surface area contributed by atoms with E-state index in [4.69, 9.17) is 9.47 Å². The molecule has 0 N–H and O–H groups in total. The molecule has 2 saturated carbocycles. The molecule has 2 aliphatic rings. The highest BCUT2D eigenvalue weighted by atomic mass is 16.5. The highest BCUT2D eigenvalue weighted by Gasteiger charge is 2.31. The summed E-state index contributed by atoms with van der Waals surface area (Å²) >= 11 is 0. The molecule has 0 heterocycles. The first-order valence-corrected chi connectivity index (χ1v) is 12.4. The second-order valence-corrected chi connectivity index (χ2v) is 9.96. The first kappa shape index (κ1) is 22.7. The Morgan fingerprint density at radius 2 is 1.41 bits per heavy atom. The largest absolute Gasteiger partial charge is 0.491 e. The monoisotopic (exact) mass is 400 g/mol. The Balaban J connectivity index is 1.43. The lowest BCUT2D eigenvalue weighted by Crippen LogP contribution is -2.25. The van der Waals surface area contributed by atoms with E-state index >= 15 is 0 Å². The topological polar surface area (TPSA) is 18.5 Å². The summed E-state index contributed by atoms with van der Waals surface area (Å²) in [4.78, 5) is 0. The van der Waals surface area contributed by atoms with E-state index in [1.54, 1.807) is 7.11 Å². The molecule has 0 aliphatic heterocycles. The summed E-state index contributed by atoms with van der Waals surface area (Å²) in [6.45, 7) is 6.56. The Kier molecular flexibility index (Phi) is 8.90. The number of methoxy groups -OCH3 is 1. The standard InChI is InChI=1S/C27H44O2/c1-5-6-22-7-9-23(10-8-22)24-11-13-25(14-12-24)26-15-17-27(18-16-26)29-21(3)19-20(2)28-4/h15-18,20-25H,5-14,19H2,1-4H3. The third-order valence-electron chi connectivity index (χ3n) is 7.78. The third kappa shape index (κ3) is 6.74. The fourth-order valence-electron chi connectivity index (χ4n) is 5.94. The fourth-order valence-corrected chi connectivity index (χ4v) is 5.94. The first-order chi connectivity index (χ1) is 14.1. The Morgan fingerprint density at radius 3 is 1.97 bits per heavy atom. The smallest absolute Gasteiger partial charge is 0.119 e. The van der Waals surface area contributed by atoms with Crippen molar-refractivity contribution in [1.29, 1.82) is 0 Å². The molecule has 0 aromatic heterocycles. The number of hydrogen-bond acceptors (Lipinski definition) is 2. The van der Waals surface area contributed by atoms with Crippen molar-refractivity contribution < 1.29 is 9.47 Å². The minimum atomic E-state index is 0.179. The average molecular weight is 401 g/mol. The van der Waals surface area contributed by atoms with Gasteiger partial charge in [0.25, 0.3) is 0 Å². The highest BCUT2D eigenvalue weighted by molar-refractivity contribution is 5.30. The van der Waals surface area contributed by atoms with E-state index in [1.807, 2.05) is 0 Å². The van der Waals surface area contributed by atoms with Gasteiger partial charge in [0.1, 0.15) is 5.75 Å². The van der Waals surface area contributed by atoms with Gasteiger partial charge in [0, 0.05) is 13.5 Å². The molecule has 2 aliphatic carbocycles. The van der Waals surface area contributed by atoms with Crippen molar-refractivity contribution in [2.24, 2.45) is 17.8 Å². The fraction of sp³-hybridized carbons (Fsp3) is 0.778. The van der Waals surface area contributed by atoms with Crippen molar-refractivity contribution in [3.05, 3.63) is 29.8 Å². The second-order valence-electron chi connectivity index (χ2n) is 9.96. The van der Waals surface area contributed by atoms with Crippen LogP contribution in [0.5, 0.6) is 5.75 Å². The molecular weight excluding hydrogens is 356 g/mol. The van der Waals surface area contributed by atoms with Crippen LogP contribution in [0.25, 0.3) is 0 Å². The van der Waals surface area contributed by atoms with Crippen molar-refractivity contribution >= 4 is 0 Å². The van der Waals surface area contributed by atoms with Crippen molar-refractivity contribution in [2.75, 3.05) is 7.11 Å². The molecule has 0 bridgehead atoms. The van der Waals surface area contributed by atoms with Crippen LogP contribution in [0.1, 0.15) is 103 Å². The Morgan fingerprint density at radius 1 is 0.828 bits per heavy atom. The predicted octanol–water partition coefficient (Wildman–Crippen LogP) is 7.76. The molecule has 0 spiro atoms. The minimum absolute atomic E-state index is 0.179. The summed E-state index contributed by atoms with van der Waals surface area (Å²) in [6, 6.07) is 8.96. The Labute approximate surface area is 179 Å². The van der Waals surface area contributed by atoms with Gasteiger partial charge in [0.05, 0.1) is 12.2 Å². The van der Waals surface area contributed by atoms with Crippen LogP contribution in [0.2, 0.25) is 0 Å². The predicted molar refractivity (Wildman–Crippen MR) is 123 cm³/mol. The minimum Gasteiger partial charge on any atom is -0.491 e. The number of benzene rings is 1. The van der Waals surface area contributed by atoms with Crippen LogP contribution >= 0.6 is 0 Å². The molecule has 3 rings (SSSR count). The molecular formula is C27H44O2. The summed E-state index contributed by atoms with van der Waals surface area (Å²) in [7, 11) is 1.76. The SMILES string of the molecule is CCCC1CCC(C2CCC(c3ccc(OC(C)CC(C)OC)cc3)CC2)CC1. The summed E-state index contributed by atoms with van der Waals surface area (Å²) in [5, 5.41) is 0. The van der Waals surface area contributed by atoms with Gasteiger partial charge in [-0.15, -0.1) is 0 Å². The summed E-state index contributed by atoms with van der Waals surface area (Å²) in [5.74, 6) is 4.80. The summed E-state index contributed by atoms with van der Waals surface area (Å²) < 4.78 is 11.4. The lowest BCUT2D eigenvalue weighted by atomic mass is 9.68. The van der Waals surface area contributed by atoms with Crippen LogP contribution in [0.15, 0.2) is 24.3 Å². The van der Waals surface area contributed by atoms with Gasteiger partial charge in [-0.1, -0.05) is 44.7 Å². The number of hydrogen-bond donors (Lipinski definition) is 0. The van der Waals surface area contributed by atoms with E-state index < -0.39 is 0 Å². The van der Waals surface area contributed by atoms with E-state index in [9.17, 15) is 0 Å². The van der Waals surface area contributed by atoms with Gasteiger partial charge in [-0.3, -0.25) is 0 Å². The van der Waals surface area contributed by atoms with Crippen LogP contribution in [0.4, 0.5) is 0 Å². The lowest BCUT2D eigenvalue weighted by Gasteiger charge is -2.38. The number of rotatable bonds is 9. The molecule has 2 atom stereocenters. The van der Waals surface area contributed by atoms with Crippen molar-refractivity contribution in [3.8, 4) is 5.75 Å². The van der Waals surface area contributed by atoms with Crippen LogP contribution in [0.3, 0.4) is 0 Å². The quantitative estimate of drug-likeness (QED) is 0.421. The van der Waals surface area contributed by atoms with Crippen LogP contribution in [0, 0.1) is 17.8 Å². The molecule has 164 valence electrons. The molecule has 2 heteroatoms. The zero-order valence-electron chi connectivity index (χ0n) is 19.4. The van der Waals surface area contributed by atoms with E-state index in [2.05, 4.69) is 45.0 Å². The Hall–Kier alpha value is -1.02. The van der Waals surface area contributed by atoms with Crippen LogP contribution in [-0.4, -0.2) is 19.3 Å². The average Bonchev–Trinajstić information content (AvgIpc) is 2.75. The van der Waals surface area contributed by atoms with Gasteiger partial charge < -0.3 is 9.47 Å². The maximum Gasteiger partial charge on any atom is 0.119 e. The maximum absolute atomic E-state index is 6.07. The zero-order chi connectivity index (χ0) is 20.6. The van der Waals surface area contributed by atoms with Crippen LogP contribution in [-0.2, 0) is 4.74 Å². The molecule has 1 aromatic rings. The highest BCUT2D eigenvalue weighted by Crippen LogP contribution is 2.44. The van der Waals surface area contributed by atoms with E-state index in [0.717, 1.165) is 35.8 Å². The lowest BCUT2D eigenvalue weighted by molar-refractivity contribution is 0.0719. The van der Waals surface area contributed by atoms with Gasteiger partial charge in [-0.25, -0.2) is 0 Å². The van der Waals surface area contributed by atoms with Crippen molar-refractivity contribution in [3.63, 3.8) is 0 Å². The molecule has 2 fully saturated rings.